The number of hydrogen-bond donors (Lipinski definition) is 1. The van der Waals surface area contributed by atoms with Gasteiger partial charge in [-0.2, -0.15) is 0 Å². The predicted molar refractivity (Wildman–Crippen MR) is 134 cm³/mol. The Morgan fingerprint density at radius 1 is 0.929 bits per heavy atom. The van der Waals surface area contributed by atoms with Crippen molar-refractivity contribution in [2.75, 3.05) is 0 Å². The van der Waals surface area contributed by atoms with E-state index in [1.807, 2.05) is 0 Å². The van der Waals surface area contributed by atoms with Crippen LogP contribution < -0.4 is 4.00 Å². The fraction of sp³-hybridized carbons (Fsp3) is 0.478. The molecule has 158 valence electrons. The smallest absolute Gasteiger partial charge is 0.147 e. The molecule has 0 aliphatic heterocycles. The van der Waals surface area contributed by atoms with Crippen molar-refractivity contribution in [3.8, 4) is 0 Å². The molecule has 0 amide bonds. The quantitative estimate of drug-likeness (QED) is 0.437. The van der Waals surface area contributed by atoms with Gasteiger partial charge in [0.2, 0.25) is 0 Å². The monoisotopic (exact) mass is 475 g/mol. The van der Waals surface area contributed by atoms with Crippen molar-refractivity contribution in [3.63, 3.8) is 0 Å². The average molecular weight is 476 g/mol. The molecule has 3 rings (SSSR count). The molecule has 1 aliphatic rings. The van der Waals surface area contributed by atoms with E-state index in [1.165, 1.54) is 14.9 Å². The molecule has 0 atom stereocenters. The normalized spacial score (nSPS) is 18.9. The Morgan fingerprint density at radius 3 is 1.89 bits per heavy atom. The van der Waals surface area contributed by atoms with Crippen LogP contribution in [0.25, 0.3) is 10.9 Å². The van der Waals surface area contributed by atoms with Crippen molar-refractivity contribution < 1.29 is 11.5 Å². The molecule has 0 radical (unpaired) electrons. The van der Waals surface area contributed by atoms with E-state index >= 15 is 0 Å². The summed E-state index contributed by atoms with van der Waals surface area (Å²) in [5.41, 5.74) is 1.25. The summed E-state index contributed by atoms with van der Waals surface area (Å²) < 4.78 is 3.35. The summed E-state index contributed by atoms with van der Waals surface area (Å²) in [5.74, 6) is 0. The van der Waals surface area contributed by atoms with E-state index in [9.17, 15) is 0 Å². The summed E-state index contributed by atoms with van der Waals surface area (Å²) in [5, 5.41) is 6.74. The second kappa shape index (κ2) is 5.92. The van der Waals surface area contributed by atoms with Crippen molar-refractivity contribution in [1.82, 2.24) is 4.98 Å². The summed E-state index contributed by atoms with van der Waals surface area (Å²) >= 11 is -4.67. The largest absolute Gasteiger partial charge is 0.147 e. The predicted octanol–water partition coefficient (Wildman–Crippen LogP) is 7.32. The van der Waals surface area contributed by atoms with Gasteiger partial charge in [0.15, 0.2) is 0 Å². The minimum Gasteiger partial charge on any atom is -0.147 e. The van der Waals surface area contributed by atoms with Crippen LogP contribution >= 0.6 is 24.8 Å². The van der Waals surface area contributed by atoms with Crippen molar-refractivity contribution in [2.24, 2.45) is 0 Å². The maximum absolute atomic E-state index is 4.67. The van der Waals surface area contributed by atoms with Crippen molar-refractivity contribution in [1.29, 1.82) is 0 Å². The molecule has 0 bridgehead atoms. The minimum atomic E-state index is -4.67. The number of aromatic amines is 1. The number of para-hydroxylation sites is 1. The van der Waals surface area contributed by atoms with Gasteiger partial charge in [-0.1, -0.05) is 0 Å². The van der Waals surface area contributed by atoms with Gasteiger partial charge in [0.1, 0.15) is 0 Å². The molecule has 5 heteroatoms. The van der Waals surface area contributed by atoms with E-state index in [-0.39, 0.29) is 32.3 Å². The van der Waals surface area contributed by atoms with Gasteiger partial charge in [-0.25, -0.2) is 0 Å². The second-order valence-electron chi connectivity index (χ2n) is 12.8. The molecule has 0 fully saturated rings. The van der Waals surface area contributed by atoms with Crippen LogP contribution in [0.2, 0.25) is 17.9 Å². The van der Waals surface area contributed by atoms with Gasteiger partial charge in [-0.3, -0.25) is 0 Å². The molecule has 0 saturated carbocycles. The first kappa shape index (κ1) is 25.8. The first-order valence-electron chi connectivity index (χ1n) is 9.98. The van der Waals surface area contributed by atoms with Crippen molar-refractivity contribution >= 4 is 47.3 Å². The van der Waals surface area contributed by atoms with E-state index in [0.29, 0.717) is 0 Å². The standard InChI is InChI=1S/C8H6N.C5H5.2C4H9.2CH3.2ClH.H2Si.Ti/c1-2-4-8-7(3-1)5-6-9-8;1-2-4-5-3-1;2*1-4(2)3;;;;;;/h1-5,9H;1-3H,4H2;2*1-3H3;2*1H3;2*1H;1H2;. The molecule has 28 heavy (non-hydrogen) atoms. The Morgan fingerprint density at radius 2 is 1.46 bits per heavy atom. The summed E-state index contributed by atoms with van der Waals surface area (Å²) in [6.07, 6.45) is 8.14. The van der Waals surface area contributed by atoms with E-state index < -0.39 is 11.5 Å². The third-order valence-corrected chi connectivity index (χ3v) is 51.8. The molecule has 0 saturated heterocycles. The zero-order chi connectivity index (χ0) is 19.8. The maximum Gasteiger partial charge on any atom is -0.147 e. The molecule has 1 nitrogen and oxygen atoms in total. The fourth-order valence-corrected chi connectivity index (χ4v) is 22.4. The van der Waals surface area contributed by atoms with Crippen LogP contribution in [0, 0.1) is 0 Å². The number of fused-ring (bicyclic) bond motifs is 1. The Kier molecular flexibility index (Phi) is 5.45. The SMILES string of the molecule is C[C](C)(C)[Ti]([CH3])([CH3])(=[SiH2])([C]1=CC=CC1)([c]1cc2ccccc2[nH]1)[C](C)(C)C.Cl.Cl. The first-order valence-corrected chi connectivity index (χ1v) is 20.2. The van der Waals surface area contributed by atoms with Gasteiger partial charge in [0.25, 0.3) is 0 Å². The molecule has 1 aromatic heterocycles. The number of aromatic nitrogens is 1. The zero-order valence-electron chi connectivity index (χ0n) is 18.8. The molecule has 1 aliphatic carbocycles. The summed E-state index contributed by atoms with van der Waals surface area (Å²) in [6.45, 7) is 15.0. The van der Waals surface area contributed by atoms with E-state index in [0.717, 1.165) is 6.42 Å². The Bertz CT molecular complexity index is 1060. The third-order valence-electron chi connectivity index (χ3n) is 11.1. The molecule has 1 heterocycles. The fourth-order valence-electron chi connectivity index (χ4n) is 5.94. The first-order chi connectivity index (χ1) is 11.5. The number of benzene rings is 1. The van der Waals surface area contributed by atoms with Crippen molar-refractivity contribution in [3.05, 3.63) is 52.4 Å². The van der Waals surface area contributed by atoms with Gasteiger partial charge in [-0.15, -0.1) is 24.8 Å². The van der Waals surface area contributed by atoms with Gasteiger partial charge >= 0.3 is 157 Å². The molecular weight excluding hydrogens is 437 g/mol. The van der Waals surface area contributed by atoms with Crippen LogP contribution in [0.4, 0.5) is 0 Å². The van der Waals surface area contributed by atoms with Crippen LogP contribution in [-0.4, -0.2) is 12.6 Å². The van der Waals surface area contributed by atoms with Crippen LogP contribution in [0.15, 0.2) is 52.4 Å². The topological polar surface area (TPSA) is 15.8 Å². The summed E-state index contributed by atoms with van der Waals surface area (Å²) in [6, 6.07) is 11.2. The van der Waals surface area contributed by atoms with Crippen LogP contribution in [0.1, 0.15) is 48.0 Å². The van der Waals surface area contributed by atoms with Gasteiger partial charge in [0.05, 0.1) is 0 Å². The molecule has 1 aromatic carbocycles. The van der Waals surface area contributed by atoms with Gasteiger partial charge in [-0.05, 0) is 0 Å². The van der Waals surface area contributed by atoms with Gasteiger partial charge < -0.3 is 0 Å². The van der Waals surface area contributed by atoms with Crippen LogP contribution in [-0.2, 0) is 11.5 Å². The number of halogens is 2. The number of hydrogen-bond acceptors (Lipinski definition) is 0. The van der Waals surface area contributed by atoms with Crippen LogP contribution in [0.3, 0.4) is 0 Å². The maximum atomic E-state index is 3.97. The minimum absolute atomic E-state index is 0. The average Bonchev–Trinajstić information content (AvgIpc) is 3.16. The van der Waals surface area contributed by atoms with E-state index in [2.05, 4.69) is 113 Å². The van der Waals surface area contributed by atoms with Crippen LogP contribution in [0.5, 0.6) is 0 Å². The second-order valence-corrected chi connectivity index (χ2v) is 45.5. The number of H-pyrrole nitrogens is 1. The molecule has 2 aromatic rings. The number of nitrogens with one attached hydrogen (secondary N) is 1. The number of allylic oxidation sites excluding steroid dienone is 4. The third kappa shape index (κ3) is 2.15. The number of rotatable bonds is 2. The van der Waals surface area contributed by atoms with Gasteiger partial charge in [0, 0.05) is 0 Å². The van der Waals surface area contributed by atoms with E-state index in [1.54, 1.807) is 3.88 Å². The molecule has 1 N–H and O–H groups in total. The summed E-state index contributed by atoms with van der Waals surface area (Å²) in [7, 11) is 2.39. The summed E-state index contributed by atoms with van der Waals surface area (Å²) in [4.78, 5) is 3.97. The Labute approximate surface area is 181 Å². The Hall–Kier alpha value is -0.249. The van der Waals surface area contributed by atoms with E-state index in [4.69, 9.17) is 0 Å². The molecule has 0 unspecified atom stereocenters. The Balaban J connectivity index is 0.00000196. The van der Waals surface area contributed by atoms with Crippen molar-refractivity contribution in [2.45, 2.75) is 65.9 Å². The molecule has 0 spiro atoms. The molecular formula is C23H39Cl2NSiTi. The zero-order valence-corrected chi connectivity index (χ0v) is 23.5.